The van der Waals surface area contributed by atoms with Crippen molar-refractivity contribution in [2.45, 2.75) is 41.0 Å². The van der Waals surface area contributed by atoms with Gasteiger partial charge in [0.25, 0.3) is 5.91 Å². The van der Waals surface area contributed by atoms with E-state index in [1.54, 1.807) is 6.08 Å². The fourth-order valence-corrected chi connectivity index (χ4v) is 2.25. The van der Waals surface area contributed by atoms with Gasteiger partial charge in [-0.1, -0.05) is 107 Å². The van der Waals surface area contributed by atoms with Crippen molar-refractivity contribution in [2.24, 2.45) is 0 Å². The van der Waals surface area contributed by atoms with Crippen molar-refractivity contribution >= 4 is 17.6 Å². The quantitative estimate of drug-likeness (QED) is 0.314. The number of allylic oxidation sites excluding steroid dienone is 9. The Bertz CT molecular complexity index is 766. The van der Waals surface area contributed by atoms with Gasteiger partial charge in [0.15, 0.2) is 0 Å². The lowest BCUT2D eigenvalue weighted by Gasteiger charge is -2.23. The topological polar surface area (TPSA) is 73.5 Å². The van der Waals surface area contributed by atoms with Gasteiger partial charge >= 0.3 is 6.03 Å². The lowest BCUT2D eigenvalue weighted by atomic mass is 10.2. The van der Waals surface area contributed by atoms with Gasteiger partial charge < -0.3 is 10.6 Å². The number of anilines is 1. The van der Waals surface area contributed by atoms with Gasteiger partial charge in [-0.2, -0.15) is 0 Å². The molecule has 0 spiro atoms. The minimum Gasteiger partial charge on any atom is -0.341 e. The maximum absolute atomic E-state index is 12.0. The van der Waals surface area contributed by atoms with Gasteiger partial charge in [-0.25, -0.2) is 15.2 Å². The van der Waals surface area contributed by atoms with E-state index in [1.165, 1.54) is 17.6 Å². The molecule has 0 saturated carbocycles. The molecular formula is C27H42N4O2. The molecule has 0 atom stereocenters. The van der Waals surface area contributed by atoms with Crippen LogP contribution in [0.3, 0.4) is 0 Å². The molecule has 0 aliphatic heterocycles. The number of hydrogen-bond donors (Lipinski definition) is 3. The van der Waals surface area contributed by atoms with Crippen LogP contribution >= 0.6 is 0 Å². The molecule has 33 heavy (non-hydrogen) atoms. The molecule has 0 aliphatic carbocycles. The highest BCUT2D eigenvalue weighted by Crippen LogP contribution is 2.10. The third kappa shape index (κ3) is 16.9. The molecule has 3 N–H and O–H groups in total. The van der Waals surface area contributed by atoms with Crippen LogP contribution in [-0.2, 0) is 4.79 Å². The molecule has 0 aromatic heterocycles. The fourth-order valence-electron chi connectivity index (χ4n) is 2.25. The Kier molecular flexibility index (Phi) is 22.4. The molecule has 182 valence electrons. The Morgan fingerprint density at radius 3 is 2.12 bits per heavy atom. The number of para-hydroxylation sites is 1. The predicted molar refractivity (Wildman–Crippen MR) is 143 cm³/mol. The Hall–Kier alpha value is -3.38. The third-order valence-electron chi connectivity index (χ3n) is 3.88. The molecule has 0 unspecified atom stereocenters. The lowest BCUT2D eigenvalue weighted by Crippen LogP contribution is -2.49. The first kappa shape index (κ1) is 31.8. The molecule has 0 radical (unpaired) electrons. The van der Waals surface area contributed by atoms with Gasteiger partial charge in [-0.3, -0.25) is 4.79 Å². The Morgan fingerprint density at radius 2 is 1.61 bits per heavy atom. The van der Waals surface area contributed by atoms with Gasteiger partial charge in [-0.15, -0.1) is 0 Å². The van der Waals surface area contributed by atoms with E-state index < -0.39 is 0 Å². The number of hydrogen-bond acceptors (Lipinski definition) is 3. The van der Waals surface area contributed by atoms with Gasteiger partial charge in [0.05, 0.1) is 5.69 Å². The number of hydrazine groups is 1. The largest absolute Gasteiger partial charge is 0.341 e. The van der Waals surface area contributed by atoms with E-state index >= 15 is 0 Å². The van der Waals surface area contributed by atoms with E-state index in [2.05, 4.69) is 48.6 Å². The summed E-state index contributed by atoms with van der Waals surface area (Å²) in [6, 6.07) is 8.83. The van der Waals surface area contributed by atoms with Crippen molar-refractivity contribution in [3.05, 3.63) is 91.1 Å². The monoisotopic (exact) mass is 454 g/mol. The van der Waals surface area contributed by atoms with Gasteiger partial charge in [-0.05, 0) is 25.5 Å². The predicted octanol–water partition coefficient (Wildman–Crippen LogP) is 5.70. The van der Waals surface area contributed by atoms with E-state index in [0.29, 0.717) is 6.54 Å². The number of rotatable bonds is 10. The molecule has 0 fully saturated rings. The molecule has 1 rings (SSSR count). The number of urea groups is 1. The summed E-state index contributed by atoms with van der Waals surface area (Å²) in [6.07, 6.45) is 17.0. The summed E-state index contributed by atoms with van der Waals surface area (Å²) in [4.78, 5) is 23.0. The van der Waals surface area contributed by atoms with Crippen molar-refractivity contribution in [2.75, 3.05) is 25.1 Å². The molecule has 3 amide bonds. The van der Waals surface area contributed by atoms with Crippen molar-refractivity contribution < 1.29 is 9.59 Å². The van der Waals surface area contributed by atoms with Crippen LogP contribution in [0.5, 0.6) is 0 Å². The molecular weight excluding hydrogens is 412 g/mol. The fraction of sp³-hybridized carbons (Fsp3) is 0.333. The molecule has 6 heteroatoms. The second-order valence-corrected chi connectivity index (χ2v) is 6.09. The molecule has 0 bridgehead atoms. The number of nitrogens with zero attached hydrogens (tertiary/aromatic N) is 1. The molecule has 6 nitrogen and oxygen atoms in total. The zero-order valence-electron chi connectivity index (χ0n) is 21.1. The molecule has 0 aliphatic rings. The standard InChI is InChI=1S/C13H18.C12H18N4O2.C2H6/c1-4-7-8-9-10-11-12-13(5-2)6-3;1-3-15-16(10-7-5-4-6-8-10)11(17)9-14-12(18)13-2;1-2/h4-5,7-12H,1,6H2,2-3H3;4-8,15H,3,9H2,1-2H3,(H2,13,14,18);1-2H3/b8-7+,10-9-,12-11-,13-5+;;. The maximum atomic E-state index is 12.0. The van der Waals surface area contributed by atoms with Crippen LogP contribution in [0, 0.1) is 0 Å². The molecule has 1 aromatic carbocycles. The number of carbonyl (C=O) groups excluding carboxylic acids is 2. The van der Waals surface area contributed by atoms with Gasteiger partial charge in [0.2, 0.25) is 0 Å². The second-order valence-electron chi connectivity index (χ2n) is 6.09. The lowest BCUT2D eigenvalue weighted by molar-refractivity contribution is -0.118. The van der Waals surface area contributed by atoms with Crippen molar-refractivity contribution in [3.63, 3.8) is 0 Å². The zero-order chi connectivity index (χ0) is 25.3. The smallest absolute Gasteiger partial charge is 0.314 e. The summed E-state index contributed by atoms with van der Waals surface area (Å²) in [5, 5.41) is 6.28. The normalized spacial score (nSPS) is 10.8. The Labute approximate surface area is 200 Å². The van der Waals surface area contributed by atoms with Crippen LogP contribution < -0.4 is 21.1 Å². The molecule has 1 aromatic rings. The third-order valence-corrected chi connectivity index (χ3v) is 3.88. The summed E-state index contributed by atoms with van der Waals surface area (Å²) >= 11 is 0. The highest BCUT2D eigenvalue weighted by Gasteiger charge is 2.14. The van der Waals surface area contributed by atoms with E-state index in [-0.39, 0.29) is 18.5 Å². The summed E-state index contributed by atoms with van der Waals surface area (Å²) in [7, 11) is 1.50. The van der Waals surface area contributed by atoms with Crippen molar-refractivity contribution in [3.8, 4) is 0 Å². The maximum Gasteiger partial charge on any atom is 0.314 e. The number of carbonyl (C=O) groups is 2. The number of nitrogens with one attached hydrogen (secondary N) is 3. The minimum atomic E-state index is -0.382. The Balaban J connectivity index is 0. The SMILES string of the molecule is C=C/C=C/C=C\C=C/C(=C/C)CC.CC.CCNN(C(=O)CNC(=O)NC)c1ccccc1. The van der Waals surface area contributed by atoms with Crippen molar-refractivity contribution in [1.82, 2.24) is 16.1 Å². The van der Waals surface area contributed by atoms with E-state index in [0.717, 1.165) is 12.1 Å². The Morgan fingerprint density at radius 1 is 1.00 bits per heavy atom. The first-order chi connectivity index (χ1) is 16.0. The van der Waals surface area contributed by atoms with E-state index in [9.17, 15) is 9.59 Å². The number of benzene rings is 1. The van der Waals surface area contributed by atoms with Crippen LogP contribution in [0.2, 0.25) is 0 Å². The average molecular weight is 455 g/mol. The first-order valence-electron chi connectivity index (χ1n) is 11.4. The molecule has 0 saturated heterocycles. The van der Waals surface area contributed by atoms with Crippen LogP contribution in [0.1, 0.15) is 41.0 Å². The second kappa shape index (κ2) is 23.3. The van der Waals surface area contributed by atoms with Gasteiger partial charge in [0.1, 0.15) is 6.54 Å². The van der Waals surface area contributed by atoms with Crippen LogP contribution in [0.15, 0.2) is 91.1 Å². The minimum absolute atomic E-state index is 0.0679. The summed E-state index contributed by atoms with van der Waals surface area (Å²) in [5.41, 5.74) is 5.05. The number of amides is 3. The van der Waals surface area contributed by atoms with Crippen LogP contribution in [0.4, 0.5) is 10.5 Å². The van der Waals surface area contributed by atoms with Crippen molar-refractivity contribution in [1.29, 1.82) is 0 Å². The van der Waals surface area contributed by atoms with E-state index in [4.69, 9.17) is 0 Å². The first-order valence-corrected chi connectivity index (χ1v) is 11.4. The summed E-state index contributed by atoms with van der Waals surface area (Å²) < 4.78 is 0. The molecule has 0 heterocycles. The highest BCUT2D eigenvalue weighted by molar-refractivity contribution is 5.95. The van der Waals surface area contributed by atoms with E-state index in [1.807, 2.05) is 81.5 Å². The average Bonchev–Trinajstić information content (AvgIpc) is 2.87. The van der Waals surface area contributed by atoms with Gasteiger partial charge in [0, 0.05) is 13.6 Å². The van der Waals surface area contributed by atoms with Crippen LogP contribution in [-0.4, -0.2) is 32.1 Å². The summed E-state index contributed by atoms with van der Waals surface area (Å²) in [5.74, 6) is -0.230. The highest BCUT2D eigenvalue weighted by atomic mass is 16.2. The zero-order valence-corrected chi connectivity index (χ0v) is 21.1. The van der Waals surface area contributed by atoms with Crippen LogP contribution in [0.25, 0.3) is 0 Å². The summed E-state index contributed by atoms with van der Waals surface area (Å²) in [6.45, 7) is 14.2.